The zero-order chi connectivity index (χ0) is 15.6. The standard InChI is InChI=1S/C11H14BrN5O3S/c1-6-3-8(5-18)4-9(10(6)12)21(19,20)15-7(2)11-13-16-17-14-11/h3-4,7,15,18H,5H2,1-2H3,(H,13,14,16,17). The van der Waals surface area contributed by atoms with Crippen molar-refractivity contribution < 1.29 is 13.5 Å². The lowest BCUT2D eigenvalue weighted by Gasteiger charge is -2.14. The summed E-state index contributed by atoms with van der Waals surface area (Å²) in [6.45, 7) is 3.13. The van der Waals surface area contributed by atoms with Crippen molar-refractivity contribution >= 4 is 26.0 Å². The summed E-state index contributed by atoms with van der Waals surface area (Å²) in [7, 11) is -3.80. The lowest BCUT2D eigenvalue weighted by atomic mass is 10.1. The molecule has 8 nitrogen and oxygen atoms in total. The summed E-state index contributed by atoms with van der Waals surface area (Å²) in [5.41, 5.74) is 1.23. The molecule has 0 fully saturated rings. The van der Waals surface area contributed by atoms with E-state index in [1.807, 2.05) is 0 Å². The number of benzene rings is 1. The van der Waals surface area contributed by atoms with Gasteiger partial charge < -0.3 is 5.11 Å². The second-order valence-electron chi connectivity index (χ2n) is 4.50. The molecule has 1 heterocycles. The fourth-order valence-electron chi connectivity index (χ4n) is 1.80. The molecule has 2 rings (SSSR count). The van der Waals surface area contributed by atoms with Gasteiger partial charge in [0.05, 0.1) is 17.5 Å². The minimum Gasteiger partial charge on any atom is -0.392 e. The fourth-order valence-corrected chi connectivity index (χ4v) is 4.07. The van der Waals surface area contributed by atoms with Crippen molar-refractivity contribution in [1.29, 1.82) is 0 Å². The van der Waals surface area contributed by atoms with Crippen molar-refractivity contribution in [3.63, 3.8) is 0 Å². The zero-order valence-electron chi connectivity index (χ0n) is 11.3. The third-order valence-electron chi connectivity index (χ3n) is 2.83. The number of hydrogen-bond acceptors (Lipinski definition) is 6. The molecule has 21 heavy (non-hydrogen) atoms. The monoisotopic (exact) mass is 375 g/mol. The van der Waals surface area contributed by atoms with Crippen LogP contribution in [0.25, 0.3) is 0 Å². The van der Waals surface area contributed by atoms with Crippen LogP contribution in [0.4, 0.5) is 0 Å². The van der Waals surface area contributed by atoms with Gasteiger partial charge in [-0.1, -0.05) is 11.3 Å². The van der Waals surface area contributed by atoms with Crippen molar-refractivity contribution in [3.8, 4) is 0 Å². The summed E-state index contributed by atoms with van der Waals surface area (Å²) >= 11 is 3.27. The summed E-state index contributed by atoms with van der Waals surface area (Å²) in [5.74, 6) is 0.240. The van der Waals surface area contributed by atoms with E-state index >= 15 is 0 Å². The number of aromatic amines is 1. The zero-order valence-corrected chi connectivity index (χ0v) is 13.7. The Balaban J connectivity index is 2.38. The molecule has 1 unspecified atom stereocenters. The Morgan fingerprint density at radius 1 is 1.48 bits per heavy atom. The number of nitrogens with one attached hydrogen (secondary N) is 2. The lowest BCUT2D eigenvalue weighted by molar-refractivity contribution is 0.281. The van der Waals surface area contributed by atoms with Crippen molar-refractivity contribution in [3.05, 3.63) is 33.6 Å². The summed E-state index contributed by atoms with van der Waals surface area (Å²) in [6, 6.07) is 2.49. The van der Waals surface area contributed by atoms with Gasteiger partial charge in [0, 0.05) is 4.47 Å². The number of aromatic nitrogens is 4. The lowest BCUT2D eigenvalue weighted by Crippen LogP contribution is -2.28. The number of tetrazole rings is 1. The first-order valence-corrected chi connectivity index (χ1v) is 8.28. The summed E-state index contributed by atoms with van der Waals surface area (Å²) < 4.78 is 27.9. The summed E-state index contributed by atoms with van der Waals surface area (Å²) in [6.07, 6.45) is 0. The molecule has 114 valence electrons. The molecule has 0 aliphatic heterocycles. The molecule has 0 aliphatic rings. The molecule has 1 atom stereocenters. The number of nitrogens with zero attached hydrogens (tertiary/aromatic N) is 3. The molecule has 0 saturated carbocycles. The minimum atomic E-state index is -3.80. The predicted molar refractivity (Wildman–Crippen MR) is 77.7 cm³/mol. The SMILES string of the molecule is Cc1cc(CO)cc(S(=O)(=O)NC(C)c2nn[nH]n2)c1Br. The molecule has 10 heteroatoms. The van der Waals surface area contributed by atoms with Gasteiger partial charge in [0.25, 0.3) is 0 Å². The van der Waals surface area contributed by atoms with E-state index in [1.165, 1.54) is 6.07 Å². The van der Waals surface area contributed by atoms with Gasteiger partial charge in [-0.15, -0.1) is 10.2 Å². The Labute approximate surface area is 130 Å². The van der Waals surface area contributed by atoms with Crippen LogP contribution >= 0.6 is 15.9 Å². The van der Waals surface area contributed by atoms with Crippen LogP contribution < -0.4 is 4.72 Å². The maximum absolute atomic E-state index is 12.5. The number of rotatable bonds is 5. The molecule has 0 spiro atoms. The molecule has 0 bridgehead atoms. The normalized spacial score (nSPS) is 13.3. The number of H-pyrrole nitrogens is 1. The topological polar surface area (TPSA) is 121 Å². The van der Waals surface area contributed by atoms with E-state index in [9.17, 15) is 13.5 Å². The van der Waals surface area contributed by atoms with E-state index in [2.05, 4.69) is 41.3 Å². The van der Waals surface area contributed by atoms with Gasteiger partial charge in [0.2, 0.25) is 10.0 Å². The van der Waals surface area contributed by atoms with Crippen LogP contribution in [0.5, 0.6) is 0 Å². The van der Waals surface area contributed by atoms with Crippen molar-refractivity contribution in [2.45, 2.75) is 31.4 Å². The average molecular weight is 376 g/mol. The summed E-state index contributed by atoms with van der Waals surface area (Å²) in [4.78, 5) is 0.0573. The number of hydrogen-bond donors (Lipinski definition) is 3. The smallest absolute Gasteiger partial charge is 0.242 e. The van der Waals surface area contributed by atoms with Crippen molar-refractivity contribution in [1.82, 2.24) is 25.3 Å². The van der Waals surface area contributed by atoms with Crippen LogP contribution in [-0.2, 0) is 16.6 Å². The van der Waals surface area contributed by atoms with E-state index < -0.39 is 16.1 Å². The van der Waals surface area contributed by atoms with Crippen molar-refractivity contribution in [2.24, 2.45) is 0 Å². The second kappa shape index (κ2) is 6.18. The number of halogens is 1. The molecular formula is C11H14BrN5O3S. The molecule has 0 saturated heterocycles. The highest BCUT2D eigenvalue weighted by Gasteiger charge is 2.24. The second-order valence-corrected chi connectivity index (χ2v) is 6.97. The van der Waals surface area contributed by atoms with Crippen LogP contribution in [0.15, 0.2) is 21.5 Å². The highest BCUT2D eigenvalue weighted by atomic mass is 79.9. The number of aliphatic hydroxyl groups is 1. The molecule has 0 aliphatic carbocycles. The molecule has 0 radical (unpaired) electrons. The first kappa shape index (κ1) is 16.0. The van der Waals surface area contributed by atoms with E-state index in [-0.39, 0.29) is 17.3 Å². The first-order valence-electron chi connectivity index (χ1n) is 6.00. The van der Waals surface area contributed by atoms with Gasteiger partial charge in [-0.25, -0.2) is 13.1 Å². The van der Waals surface area contributed by atoms with Gasteiger partial charge in [0.1, 0.15) is 0 Å². The van der Waals surface area contributed by atoms with Gasteiger partial charge in [-0.05, 0) is 47.0 Å². The Kier molecular flexibility index (Phi) is 4.71. The van der Waals surface area contributed by atoms with Gasteiger partial charge in [-0.3, -0.25) is 0 Å². The van der Waals surface area contributed by atoms with E-state index in [4.69, 9.17) is 0 Å². The van der Waals surface area contributed by atoms with Crippen LogP contribution in [0.1, 0.15) is 29.9 Å². The van der Waals surface area contributed by atoms with E-state index in [0.29, 0.717) is 15.6 Å². The summed E-state index contributed by atoms with van der Waals surface area (Å²) in [5, 5.41) is 22.4. The molecular weight excluding hydrogens is 362 g/mol. The maximum Gasteiger partial charge on any atom is 0.242 e. The third kappa shape index (κ3) is 3.46. The van der Waals surface area contributed by atoms with Gasteiger partial charge in [-0.2, -0.15) is 5.21 Å². The number of sulfonamides is 1. The van der Waals surface area contributed by atoms with Gasteiger partial charge in [0.15, 0.2) is 5.82 Å². The quantitative estimate of drug-likeness (QED) is 0.710. The Hall–Kier alpha value is -1.36. The molecule has 1 aromatic heterocycles. The van der Waals surface area contributed by atoms with E-state index in [0.717, 1.165) is 0 Å². The Morgan fingerprint density at radius 2 is 2.19 bits per heavy atom. The largest absolute Gasteiger partial charge is 0.392 e. The molecule has 2 aromatic rings. The van der Waals surface area contributed by atoms with E-state index in [1.54, 1.807) is 19.9 Å². The third-order valence-corrected chi connectivity index (χ3v) is 5.71. The molecule has 0 amide bonds. The van der Waals surface area contributed by atoms with Crippen LogP contribution in [0.2, 0.25) is 0 Å². The average Bonchev–Trinajstić information content (AvgIpc) is 2.95. The van der Waals surface area contributed by atoms with Crippen molar-refractivity contribution in [2.75, 3.05) is 0 Å². The minimum absolute atomic E-state index is 0.0573. The Morgan fingerprint density at radius 3 is 2.76 bits per heavy atom. The fraction of sp³-hybridized carbons (Fsp3) is 0.364. The number of aryl methyl sites for hydroxylation is 1. The molecule has 1 aromatic carbocycles. The first-order chi connectivity index (χ1) is 9.85. The van der Waals surface area contributed by atoms with Gasteiger partial charge >= 0.3 is 0 Å². The predicted octanol–water partition coefficient (Wildman–Crippen LogP) is 0.802. The maximum atomic E-state index is 12.5. The molecule has 3 N–H and O–H groups in total. The van der Waals surface area contributed by atoms with Crippen LogP contribution in [0, 0.1) is 6.92 Å². The Bertz CT molecular complexity index is 733. The highest BCUT2D eigenvalue weighted by molar-refractivity contribution is 9.10. The van der Waals surface area contributed by atoms with Crippen LogP contribution in [-0.4, -0.2) is 34.1 Å². The highest BCUT2D eigenvalue weighted by Crippen LogP contribution is 2.28. The van der Waals surface area contributed by atoms with Crippen LogP contribution in [0.3, 0.4) is 0 Å². The number of aliphatic hydroxyl groups excluding tert-OH is 1.